The summed E-state index contributed by atoms with van der Waals surface area (Å²) in [4.78, 5) is 11.3. The maximum Gasteiger partial charge on any atom is 0.352 e. The first-order valence-electron chi connectivity index (χ1n) is 7.37. The van der Waals surface area contributed by atoms with E-state index >= 15 is 0 Å². The van der Waals surface area contributed by atoms with Gasteiger partial charge in [0.15, 0.2) is 0 Å². The van der Waals surface area contributed by atoms with Crippen LogP contribution in [0.15, 0.2) is 17.2 Å². The highest BCUT2D eigenvalue weighted by molar-refractivity contribution is 7.89. The third kappa shape index (κ3) is 2.38. The van der Waals surface area contributed by atoms with Gasteiger partial charge in [-0.05, 0) is 37.7 Å². The molecule has 3 rings (SSSR count). The second-order valence-corrected chi connectivity index (χ2v) is 7.86. The lowest BCUT2D eigenvalue weighted by Gasteiger charge is -2.16. The quantitative estimate of drug-likeness (QED) is 0.916. The summed E-state index contributed by atoms with van der Waals surface area (Å²) in [7, 11) is -3.58. The predicted molar refractivity (Wildman–Crippen MR) is 76.7 cm³/mol. The van der Waals surface area contributed by atoms with Crippen LogP contribution in [0.3, 0.4) is 0 Å². The number of fused-ring (bicyclic) bond motifs is 1. The van der Waals surface area contributed by atoms with Crippen molar-refractivity contribution < 1.29 is 18.3 Å². The number of sulfonamides is 1. The largest absolute Gasteiger partial charge is 0.477 e. The summed E-state index contributed by atoms with van der Waals surface area (Å²) in [6.07, 6.45) is 4.84. The molecule has 1 aromatic rings. The van der Waals surface area contributed by atoms with Crippen LogP contribution in [-0.2, 0) is 16.6 Å². The van der Waals surface area contributed by atoms with Crippen LogP contribution in [0.25, 0.3) is 0 Å². The van der Waals surface area contributed by atoms with Crippen LogP contribution in [0.1, 0.15) is 36.7 Å². The molecule has 0 amide bonds. The maximum atomic E-state index is 12.7. The molecular formula is C14H20N2O4S. The smallest absolute Gasteiger partial charge is 0.352 e. The molecular weight excluding hydrogens is 292 g/mol. The minimum atomic E-state index is -3.58. The number of rotatable bonds is 4. The summed E-state index contributed by atoms with van der Waals surface area (Å²) in [5, 5.41) is 9.14. The van der Waals surface area contributed by atoms with Crippen molar-refractivity contribution in [1.82, 2.24) is 8.87 Å². The molecule has 1 saturated carbocycles. The zero-order chi connectivity index (χ0) is 15.2. The van der Waals surface area contributed by atoms with Gasteiger partial charge in [0.05, 0.1) is 0 Å². The van der Waals surface area contributed by atoms with Gasteiger partial charge in [0.2, 0.25) is 10.0 Å². The molecule has 2 aliphatic rings. The standard InChI is InChI=1S/C14H20N2O4S/c1-2-15-9-12(6-13(15)14(17)18)21(19,20)16-7-10-4-3-5-11(10)8-16/h6,9-11H,2-5,7-8H2,1H3,(H,17,18). The summed E-state index contributed by atoms with van der Waals surface area (Å²) < 4.78 is 28.4. The minimum absolute atomic E-state index is 0.0236. The normalized spacial score (nSPS) is 26.1. The van der Waals surface area contributed by atoms with E-state index in [2.05, 4.69) is 0 Å². The Hall–Kier alpha value is -1.34. The van der Waals surface area contributed by atoms with Gasteiger partial charge in [-0.15, -0.1) is 0 Å². The van der Waals surface area contributed by atoms with Gasteiger partial charge in [-0.1, -0.05) is 6.42 Å². The molecule has 0 aromatic carbocycles. The Bertz CT molecular complexity index is 653. The van der Waals surface area contributed by atoms with Crippen LogP contribution < -0.4 is 0 Å². The van der Waals surface area contributed by atoms with E-state index in [0.717, 1.165) is 12.8 Å². The SMILES string of the molecule is CCn1cc(S(=O)(=O)N2CC3CCCC3C2)cc1C(=O)O. The maximum absolute atomic E-state index is 12.7. The van der Waals surface area contributed by atoms with E-state index in [0.29, 0.717) is 31.5 Å². The first-order chi connectivity index (χ1) is 9.93. The average molecular weight is 312 g/mol. The number of aromatic nitrogens is 1. The first kappa shape index (κ1) is 14.6. The summed E-state index contributed by atoms with van der Waals surface area (Å²) in [6, 6.07) is 1.27. The number of aryl methyl sites for hydroxylation is 1. The molecule has 0 radical (unpaired) electrons. The van der Waals surface area contributed by atoms with E-state index < -0.39 is 16.0 Å². The number of carboxylic acid groups (broad SMARTS) is 1. The molecule has 2 unspecified atom stereocenters. The van der Waals surface area contributed by atoms with Gasteiger partial charge < -0.3 is 9.67 Å². The Labute approximate surface area is 124 Å². The topological polar surface area (TPSA) is 79.6 Å². The molecule has 1 aliphatic carbocycles. The van der Waals surface area contributed by atoms with Crippen LogP contribution in [0, 0.1) is 11.8 Å². The highest BCUT2D eigenvalue weighted by atomic mass is 32.2. The Balaban J connectivity index is 1.90. The summed E-state index contributed by atoms with van der Waals surface area (Å²) in [6.45, 7) is 3.38. The van der Waals surface area contributed by atoms with Crippen molar-refractivity contribution >= 4 is 16.0 Å². The second-order valence-electron chi connectivity index (χ2n) is 5.93. The first-order valence-corrected chi connectivity index (χ1v) is 8.81. The lowest BCUT2D eigenvalue weighted by atomic mass is 10.0. The van der Waals surface area contributed by atoms with Crippen molar-refractivity contribution in [2.75, 3.05) is 13.1 Å². The Kier molecular flexibility index (Phi) is 3.57. The molecule has 0 spiro atoms. The summed E-state index contributed by atoms with van der Waals surface area (Å²) >= 11 is 0. The van der Waals surface area contributed by atoms with Gasteiger partial charge in [-0.3, -0.25) is 0 Å². The number of carbonyl (C=O) groups is 1. The number of hydrogen-bond acceptors (Lipinski definition) is 3. The number of hydrogen-bond donors (Lipinski definition) is 1. The van der Waals surface area contributed by atoms with Gasteiger partial charge in [-0.25, -0.2) is 13.2 Å². The van der Waals surface area contributed by atoms with Crippen LogP contribution in [-0.4, -0.2) is 41.5 Å². The molecule has 2 heterocycles. The fourth-order valence-corrected chi connectivity index (χ4v) is 5.20. The van der Waals surface area contributed by atoms with Crippen molar-refractivity contribution in [2.45, 2.75) is 37.6 Å². The number of nitrogens with zero attached hydrogens (tertiary/aromatic N) is 2. The van der Waals surface area contributed by atoms with Crippen LogP contribution >= 0.6 is 0 Å². The molecule has 6 nitrogen and oxygen atoms in total. The predicted octanol–water partition coefficient (Wildman–Crippen LogP) is 1.63. The van der Waals surface area contributed by atoms with Gasteiger partial charge >= 0.3 is 5.97 Å². The molecule has 21 heavy (non-hydrogen) atoms. The molecule has 1 saturated heterocycles. The van der Waals surface area contributed by atoms with Gasteiger partial charge in [0.1, 0.15) is 10.6 Å². The van der Waals surface area contributed by atoms with Gasteiger partial charge in [0.25, 0.3) is 0 Å². The van der Waals surface area contributed by atoms with Gasteiger partial charge in [-0.2, -0.15) is 4.31 Å². The fourth-order valence-electron chi connectivity index (χ4n) is 3.60. The van der Waals surface area contributed by atoms with Crippen molar-refractivity contribution in [1.29, 1.82) is 0 Å². The van der Waals surface area contributed by atoms with E-state index in [-0.39, 0.29) is 10.6 Å². The Morgan fingerprint density at radius 2 is 1.95 bits per heavy atom. The summed E-state index contributed by atoms with van der Waals surface area (Å²) in [5.41, 5.74) is 0.0236. The molecule has 2 fully saturated rings. The van der Waals surface area contributed by atoms with E-state index in [1.54, 1.807) is 6.92 Å². The molecule has 116 valence electrons. The highest BCUT2D eigenvalue weighted by Gasteiger charge is 2.41. The van der Waals surface area contributed by atoms with Crippen molar-refractivity contribution in [2.24, 2.45) is 11.8 Å². The molecule has 0 bridgehead atoms. The van der Waals surface area contributed by atoms with E-state index in [4.69, 9.17) is 5.11 Å². The average Bonchev–Trinajstić information content (AvgIpc) is 3.11. The molecule has 1 N–H and O–H groups in total. The minimum Gasteiger partial charge on any atom is -0.477 e. The zero-order valence-corrected chi connectivity index (χ0v) is 12.8. The second kappa shape index (κ2) is 5.14. The van der Waals surface area contributed by atoms with Crippen molar-refractivity contribution in [3.05, 3.63) is 18.0 Å². The lowest BCUT2D eigenvalue weighted by Crippen LogP contribution is -2.29. The van der Waals surface area contributed by atoms with Crippen LogP contribution in [0.2, 0.25) is 0 Å². The van der Waals surface area contributed by atoms with Crippen molar-refractivity contribution in [3.8, 4) is 0 Å². The zero-order valence-electron chi connectivity index (χ0n) is 12.0. The van der Waals surface area contributed by atoms with Gasteiger partial charge in [0, 0.05) is 25.8 Å². The molecule has 2 atom stereocenters. The molecule has 1 aromatic heterocycles. The fraction of sp³-hybridized carbons (Fsp3) is 0.643. The van der Waals surface area contributed by atoms with E-state index in [1.807, 2.05) is 0 Å². The lowest BCUT2D eigenvalue weighted by molar-refractivity contribution is 0.0685. The van der Waals surface area contributed by atoms with Crippen LogP contribution in [0.4, 0.5) is 0 Å². The third-order valence-electron chi connectivity index (χ3n) is 4.76. The van der Waals surface area contributed by atoms with E-state index in [1.165, 1.54) is 27.6 Å². The molecule has 1 aliphatic heterocycles. The number of carboxylic acids is 1. The Morgan fingerprint density at radius 3 is 2.43 bits per heavy atom. The van der Waals surface area contributed by atoms with Crippen LogP contribution in [0.5, 0.6) is 0 Å². The molecule has 7 heteroatoms. The summed E-state index contributed by atoms with van der Waals surface area (Å²) in [5.74, 6) is -0.143. The monoisotopic (exact) mass is 312 g/mol. The van der Waals surface area contributed by atoms with E-state index in [9.17, 15) is 13.2 Å². The van der Waals surface area contributed by atoms with Crippen molar-refractivity contribution in [3.63, 3.8) is 0 Å². The Morgan fingerprint density at radius 1 is 1.33 bits per heavy atom. The third-order valence-corrected chi connectivity index (χ3v) is 6.56. The highest BCUT2D eigenvalue weighted by Crippen LogP contribution is 2.39. The number of aromatic carboxylic acids is 1.